The minimum absolute atomic E-state index is 0. The fraction of sp³-hybridized carbons (Fsp3) is 0.833. The molecule has 1 aromatic rings. The van der Waals surface area contributed by atoms with Crippen LogP contribution in [0.25, 0.3) is 0 Å². The first kappa shape index (κ1) is 22.4. The standard InChI is InChI=1S/C18H32N6O2.HI/c1-15-22-16(23-26-15)12-20-17(19-2)21-13-18(6-4-3-5-7-18)14-24-8-10-25-11-9-24;/h3-14H2,1-2H3,(H2,19,20,21);1H. The maximum absolute atomic E-state index is 5.51. The third kappa shape index (κ3) is 6.86. The predicted molar refractivity (Wildman–Crippen MR) is 115 cm³/mol. The second-order valence-electron chi connectivity index (χ2n) is 7.46. The van der Waals surface area contributed by atoms with Gasteiger partial charge in [-0.3, -0.25) is 9.89 Å². The number of hydrogen-bond acceptors (Lipinski definition) is 6. The zero-order valence-electron chi connectivity index (χ0n) is 16.5. The SMILES string of the molecule is CN=C(NCc1noc(C)n1)NCC1(CN2CCOCC2)CCCCC1.I. The number of ether oxygens (including phenoxy) is 1. The Morgan fingerprint density at radius 2 is 1.93 bits per heavy atom. The first-order valence-electron chi connectivity index (χ1n) is 9.73. The van der Waals surface area contributed by atoms with Crippen LogP contribution in [-0.2, 0) is 11.3 Å². The number of aryl methyl sites for hydroxylation is 1. The summed E-state index contributed by atoms with van der Waals surface area (Å²) in [5, 5.41) is 10.7. The highest BCUT2D eigenvalue weighted by Gasteiger charge is 2.34. The van der Waals surface area contributed by atoms with E-state index in [1.807, 2.05) is 0 Å². The molecule has 0 spiro atoms. The van der Waals surface area contributed by atoms with E-state index >= 15 is 0 Å². The molecule has 1 saturated carbocycles. The van der Waals surface area contributed by atoms with Crippen molar-refractivity contribution in [1.29, 1.82) is 0 Å². The lowest BCUT2D eigenvalue weighted by atomic mass is 9.73. The Morgan fingerprint density at radius 1 is 1.19 bits per heavy atom. The maximum atomic E-state index is 5.51. The van der Waals surface area contributed by atoms with Crippen molar-refractivity contribution in [2.75, 3.05) is 46.4 Å². The molecule has 0 atom stereocenters. The van der Waals surface area contributed by atoms with Crippen LogP contribution in [0.3, 0.4) is 0 Å². The molecule has 3 rings (SSSR count). The Labute approximate surface area is 178 Å². The summed E-state index contributed by atoms with van der Waals surface area (Å²) in [6.07, 6.45) is 6.55. The third-order valence-electron chi connectivity index (χ3n) is 5.41. The average molecular weight is 492 g/mol. The zero-order valence-corrected chi connectivity index (χ0v) is 18.8. The van der Waals surface area contributed by atoms with Gasteiger partial charge in [-0.25, -0.2) is 0 Å². The molecule has 0 aromatic carbocycles. The van der Waals surface area contributed by atoms with Crippen molar-refractivity contribution < 1.29 is 9.26 Å². The molecule has 1 saturated heterocycles. The second kappa shape index (κ2) is 11.2. The lowest BCUT2D eigenvalue weighted by Gasteiger charge is -2.42. The number of aliphatic imine (C=N–C) groups is 1. The van der Waals surface area contributed by atoms with Gasteiger partial charge < -0.3 is 19.9 Å². The molecule has 0 radical (unpaired) electrons. The molecule has 8 nitrogen and oxygen atoms in total. The highest BCUT2D eigenvalue weighted by atomic mass is 127. The van der Waals surface area contributed by atoms with Crippen LogP contribution < -0.4 is 10.6 Å². The number of morpholine rings is 1. The smallest absolute Gasteiger partial charge is 0.223 e. The maximum Gasteiger partial charge on any atom is 0.223 e. The number of guanidine groups is 1. The van der Waals surface area contributed by atoms with Gasteiger partial charge in [0.05, 0.1) is 19.8 Å². The van der Waals surface area contributed by atoms with Gasteiger partial charge in [-0.05, 0) is 12.8 Å². The van der Waals surface area contributed by atoms with Crippen LogP contribution in [0.5, 0.6) is 0 Å². The van der Waals surface area contributed by atoms with E-state index in [2.05, 4.69) is 30.7 Å². The minimum Gasteiger partial charge on any atom is -0.379 e. The van der Waals surface area contributed by atoms with Gasteiger partial charge in [0, 0.05) is 45.6 Å². The molecule has 0 bridgehead atoms. The van der Waals surface area contributed by atoms with Crippen molar-refractivity contribution in [2.24, 2.45) is 10.4 Å². The van der Waals surface area contributed by atoms with Gasteiger partial charge in [-0.2, -0.15) is 4.98 Å². The van der Waals surface area contributed by atoms with Crippen LogP contribution in [0.4, 0.5) is 0 Å². The molecule has 0 unspecified atom stereocenters. The van der Waals surface area contributed by atoms with Crippen LogP contribution in [0.15, 0.2) is 9.52 Å². The fourth-order valence-corrected chi connectivity index (χ4v) is 3.99. The summed E-state index contributed by atoms with van der Waals surface area (Å²) in [5.41, 5.74) is 0.315. The summed E-state index contributed by atoms with van der Waals surface area (Å²) in [6, 6.07) is 0. The van der Waals surface area contributed by atoms with Gasteiger partial charge in [0.1, 0.15) is 0 Å². The molecule has 2 fully saturated rings. The molecular weight excluding hydrogens is 459 g/mol. The van der Waals surface area contributed by atoms with Crippen molar-refractivity contribution >= 4 is 29.9 Å². The molecule has 2 aliphatic rings. The van der Waals surface area contributed by atoms with E-state index in [9.17, 15) is 0 Å². The fourth-order valence-electron chi connectivity index (χ4n) is 3.99. The van der Waals surface area contributed by atoms with E-state index in [-0.39, 0.29) is 24.0 Å². The first-order valence-corrected chi connectivity index (χ1v) is 9.73. The van der Waals surface area contributed by atoms with Crippen molar-refractivity contribution in [2.45, 2.75) is 45.6 Å². The van der Waals surface area contributed by atoms with Gasteiger partial charge in [-0.1, -0.05) is 24.4 Å². The van der Waals surface area contributed by atoms with Crippen LogP contribution >= 0.6 is 24.0 Å². The Morgan fingerprint density at radius 3 is 2.56 bits per heavy atom. The molecule has 2 heterocycles. The molecule has 154 valence electrons. The number of nitrogens with zero attached hydrogens (tertiary/aromatic N) is 4. The Hall–Kier alpha value is -0.940. The lowest BCUT2D eigenvalue weighted by molar-refractivity contribution is 0.00820. The summed E-state index contributed by atoms with van der Waals surface area (Å²) < 4.78 is 10.5. The first-order chi connectivity index (χ1) is 12.7. The second-order valence-corrected chi connectivity index (χ2v) is 7.46. The summed E-state index contributed by atoms with van der Waals surface area (Å²) in [4.78, 5) is 11.1. The summed E-state index contributed by atoms with van der Waals surface area (Å²) in [7, 11) is 1.80. The molecule has 27 heavy (non-hydrogen) atoms. The van der Waals surface area contributed by atoms with Gasteiger partial charge in [-0.15, -0.1) is 24.0 Å². The molecule has 9 heteroatoms. The summed E-state index contributed by atoms with van der Waals surface area (Å²) >= 11 is 0. The Bertz CT molecular complexity index is 582. The predicted octanol–water partition coefficient (Wildman–Crippen LogP) is 1.94. The Balaban J connectivity index is 0.00000261. The van der Waals surface area contributed by atoms with Gasteiger partial charge >= 0.3 is 0 Å². The van der Waals surface area contributed by atoms with E-state index in [1.165, 1.54) is 32.1 Å². The van der Waals surface area contributed by atoms with Gasteiger partial charge in [0.2, 0.25) is 5.89 Å². The van der Waals surface area contributed by atoms with Gasteiger partial charge in [0.15, 0.2) is 11.8 Å². The normalized spacial score (nSPS) is 20.7. The molecule has 1 aliphatic carbocycles. The van der Waals surface area contributed by atoms with Crippen LogP contribution in [0.1, 0.15) is 43.8 Å². The van der Waals surface area contributed by atoms with Crippen molar-refractivity contribution in [3.63, 3.8) is 0 Å². The summed E-state index contributed by atoms with van der Waals surface area (Å²) in [5.74, 6) is 2.02. The largest absolute Gasteiger partial charge is 0.379 e. The van der Waals surface area contributed by atoms with E-state index in [0.29, 0.717) is 23.7 Å². The quantitative estimate of drug-likeness (QED) is 0.357. The molecule has 1 aromatic heterocycles. The van der Waals surface area contributed by atoms with E-state index in [4.69, 9.17) is 9.26 Å². The lowest BCUT2D eigenvalue weighted by Crippen LogP contribution is -2.51. The van der Waals surface area contributed by atoms with Gasteiger partial charge in [0.25, 0.3) is 0 Å². The molecular formula is C18H33IN6O2. The zero-order chi connectivity index (χ0) is 18.2. The molecule has 2 N–H and O–H groups in total. The average Bonchev–Trinajstić information content (AvgIpc) is 3.09. The monoisotopic (exact) mass is 492 g/mol. The number of nitrogens with one attached hydrogen (secondary N) is 2. The van der Waals surface area contributed by atoms with Crippen LogP contribution in [-0.4, -0.2) is 67.4 Å². The summed E-state index contributed by atoms with van der Waals surface area (Å²) in [6.45, 7) is 8.20. The highest BCUT2D eigenvalue weighted by molar-refractivity contribution is 14.0. The highest BCUT2D eigenvalue weighted by Crippen LogP contribution is 2.36. The minimum atomic E-state index is 0. The number of rotatable bonds is 6. The number of aromatic nitrogens is 2. The van der Waals surface area contributed by atoms with Crippen LogP contribution in [0, 0.1) is 12.3 Å². The van der Waals surface area contributed by atoms with Crippen LogP contribution in [0.2, 0.25) is 0 Å². The third-order valence-corrected chi connectivity index (χ3v) is 5.41. The number of halogens is 1. The van der Waals surface area contributed by atoms with E-state index < -0.39 is 0 Å². The van der Waals surface area contributed by atoms with Crippen molar-refractivity contribution in [3.05, 3.63) is 11.7 Å². The Kier molecular flexibility index (Phi) is 9.24. The number of hydrogen-bond donors (Lipinski definition) is 2. The molecule has 1 aliphatic heterocycles. The van der Waals surface area contributed by atoms with E-state index in [1.54, 1.807) is 14.0 Å². The topological polar surface area (TPSA) is 87.8 Å². The van der Waals surface area contributed by atoms with Crippen molar-refractivity contribution in [3.8, 4) is 0 Å². The molecule has 0 amide bonds. The van der Waals surface area contributed by atoms with Crippen molar-refractivity contribution in [1.82, 2.24) is 25.7 Å². The van der Waals surface area contributed by atoms with E-state index in [0.717, 1.165) is 45.4 Å².